The summed E-state index contributed by atoms with van der Waals surface area (Å²) in [6, 6.07) is 20.0. The van der Waals surface area contributed by atoms with Crippen molar-refractivity contribution in [1.29, 1.82) is 0 Å². The first-order valence-electron chi connectivity index (χ1n) is 8.60. The van der Waals surface area contributed by atoms with Crippen LogP contribution in [-0.2, 0) is 14.6 Å². The van der Waals surface area contributed by atoms with Crippen LogP contribution in [0, 0.1) is 5.92 Å². The Morgan fingerprint density at radius 1 is 1.00 bits per heavy atom. The molecule has 1 aliphatic rings. The van der Waals surface area contributed by atoms with E-state index < -0.39 is 9.84 Å². The number of benzene rings is 2. The number of hydrogen-bond acceptors (Lipinski definition) is 3. The first-order chi connectivity index (χ1) is 12.0. The highest BCUT2D eigenvalue weighted by molar-refractivity contribution is 7.91. The van der Waals surface area contributed by atoms with Gasteiger partial charge in [0.05, 0.1) is 11.5 Å². The van der Waals surface area contributed by atoms with Gasteiger partial charge in [0.25, 0.3) is 0 Å². The Bertz CT molecular complexity index is 764. The Kier molecular flexibility index (Phi) is 5.53. The molecule has 0 aliphatic carbocycles. The van der Waals surface area contributed by atoms with E-state index in [4.69, 9.17) is 0 Å². The zero-order valence-electron chi connectivity index (χ0n) is 14.1. The Morgan fingerprint density at radius 2 is 1.56 bits per heavy atom. The summed E-state index contributed by atoms with van der Waals surface area (Å²) in [5.41, 5.74) is 2.21. The van der Waals surface area contributed by atoms with Gasteiger partial charge in [0.2, 0.25) is 5.91 Å². The largest absolute Gasteiger partial charge is 0.356 e. The number of carbonyl (C=O) groups is 1. The average Bonchev–Trinajstić information content (AvgIpc) is 2.98. The van der Waals surface area contributed by atoms with Gasteiger partial charge in [0, 0.05) is 18.9 Å². The molecule has 3 rings (SSSR count). The van der Waals surface area contributed by atoms with E-state index in [2.05, 4.69) is 5.32 Å². The summed E-state index contributed by atoms with van der Waals surface area (Å²) >= 11 is 0. The zero-order valence-corrected chi connectivity index (χ0v) is 14.9. The normalized spacial score (nSPS) is 19.0. The monoisotopic (exact) mass is 357 g/mol. The van der Waals surface area contributed by atoms with Crippen LogP contribution in [0.15, 0.2) is 60.7 Å². The van der Waals surface area contributed by atoms with Crippen LogP contribution in [-0.4, -0.2) is 32.4 Å². The van der Waals surface area contributed by atoms with Crippen molar-refractivity contribution in [2.45, 2.75) is 18.8 Å². The maximum Gasteiger partial charge on any atom is 0.220 e. The lowest BCUT2D eigenvalue weighted by atomic mass is 9.88. The maximum absolute atomic E-state index is 12.5. The molecule has 5 heteroatoms. The summed E-state index contributed by atoms with van der Waals surface area (Å²) in [5, 5.41) is 2.93. The van der Waals surface area contributed by atoms with Crippen LogP contribution in [0.25, 0.3) is 0 Å². The molecule has 1 saturated heterocycles. The van der Waals surface area contributed by atoms with Gasteiger partial charge < -0.3 is 5.32 Å². The van der Waals surface area contributed by atoms with Crippen molar-refractivity contribution in [3.8, 4) is 0 Å². The molecule has 1 atom stereocenters. The Balaban J connectivity index is 1.65. The third kappa shape index (κ3) is 4.92. The molecule has 25 heavy (non-hydrogen) atoms. The lowest BCUT2D eigenvalue weighted by Gasteiger charge is -2.18. The van der Waals surface area contributed by atoms with E-state index >= 15 is 0 Å². The molecule has 1 amide bonds. The Morgan fingerprint density at radius 3 is 2.04 bits per heavy atom. The minimum absolute atomic E-state index is 0.00490. The maximum atomic E-state index is 12.5. The third-order valence-corrected chi connectivity index (χ3v) is 6.55. The molecule has 0 unspecified atom stereocenters. The zero-order chi connectivity index (χ0) is 17.7. The summed E-state index contributed by atoms with van der Waals surface area (Å²) in [7, 11) is -2.90. The van der Waals surface area contributed by atoms with Crippen LogP contribution in [0.5, 0.6) is 0 Å². The molecule has 1 heterocycles. The standard InChI is InChI=1S/C20H23NO3S/c22-20(21-14-16-11-12-25(23,24)15-16)13-19(17-7-3-1-4-8-17)18-9-5-2-6-10-18/h1-10,16,19H,11-15H2,(H,21,22)/t16-/m1/s1. The number of rotatable bonds is 6. The van der Waals surface area contributed by atoms with Gasteiger partial charge >= 0.3 is 0 Å². The second kappa shape index (κ2) is 7.83. The van der Waals surface area contributed by atoms with Crippen molar-refractivity contribution in [3.63, 3.8) is 0 Å². The van der Waals surface area contributed by atoms with Crippen molar-refractivity contribution in [2.24, 2.45) is 5.92 Å². The SMILES string of the molecule is O=C(CC(c1ccccc1)c1ccccc1)NC[C@H]1CCS(=O)(=O)C1. The third-order valence-electron chi connectivity index (χ3n) is 4.71. The van der Waals surface area contributed by atoms with Gasteiger partial charge in [-0.1, -0.05) is 60.7 Å². The molecule has 2 aromatic rings. The molecule has 1 N–H and O–H groups in total. The molecule has 0 spiro atoms. The van der Waals surface area contributed by atoms with Crippen molar-refractivity contribution >= 4 is 15.7 Å². The fourth-order valence-corrected chi connectivity index (χ4v) is 5.21. The van der Waals surface area contributed by atoms with Gasteiger partial charge in [-0.05, 0) is 23.5 Å². The van der Waals surface area contributed by atoms with E-state index in [9.17, 15) is 13.2 Å². The highest BCUT2D eigenvalue weighted by atomic mass is 32.2. The fraction of sp³-hybridized carbons (Fsp3) is 0.350. The smallest absolute Gasteiger partial charge is 0.220 e. The molecular weight excluding hydrogens is 334 g/mol. The molecule has 0 bridgehead atoms. The predicted molar refractivity (Wildman–Crippen MR) is 99.1 cm³/mol. The first kappa shape index (κ1) is 17.7. The molecule has 0 aromatic heterocycles. The molecule has 1 fully saturated rings. The van der Waals surface area contributed by atoms with E-state index in [1.807, 2.05) is 60.7 Å². The Hall–Kier alpha value is -2.14. The van der Waals surface area contributed by atoms with Gasteiger partial charge in [-0.3, -0.25) is 4.79 Å². The Labute approximate surface area is 149 Å². The highest BCUT2D eigenvalue weighted by Gasteiger charge is 2.28. The molecule has 2 aromatic carbocycles. The fourth-order valence-electron chi connectivity index (χ4n) is 3.35. The van der Waals surface area contributed by atoms with Crippen molar-refractivity contribution < 1.29 is 13.2 Å². The summed E-state index contributed by atoms with van der Waals surface area (Å²) in [6.45, 7) is 0.439. The van der Waals surface area contributed by atoms with Crippen molar-refractivity contribution in [3.05, 3.63) is 71.8 Å². The van der Waals surface area contributed by atoms with Crippen LogP contribution in [0.4, 0.5) is 0 Å². The van der Waals surface area contributed by atoms with E-state index in [-0.39, 0.29) is 29.2 Å². The van der Waals surface area contributed by atoms with Crippen LogP contribution < -0.4 is 5.32 Å². The van der Waals surface area contributed by atoms with Crippen LogP contribution in [0.1, 0.15) is 29.9 Å². The number of sulfone groups is 1. The summed E-state index contributed by atoms with van der Waals surface area (Å²) in [4.78, 5) is 12.5. The van der Waals surface area contributed by atoms with Crippen LogP contribution >= 0.6 is 0 Å². The van der Waals surface area contributed by atoms with Gasteiger partial charge in [-0.25, -0.2) is 8.42 Å². The van der Waals surface area contributed by atoms with Gasteiger partial charge in [0.1, 0.15) is 0 Å². The van der Waals surface area contributed by atoms with E-state index in [0.29, 0.717) is 19.4 Å². The van der Waals surface area contributed by atoms with E-state index in [1.165, 1.54) is 0 Å². The van der Waals surface area contributed by atoms with E-state index in [0.717, 1.165) is 11.1 Å². The summed E-state index contributed by atoms with van der Waals surface area (Å²) in [6.07, 6.45) is 0.997. The van der Waals surface area contributed by atoms with Gasteiger partial charge in [0.15, 0.2) is 9.84 Å². The molecule has 0 saturated carbocycles. The minimum atomic E-state index is -2.90. The minimum Gasteiger partial charge on any atom is -0.356 e. The molecule has 132 valence electrons. The van der Waals surface area contributed by atoms with E-state index in [1.54, 1.807) is 0 Å². The second-order valence-corrected chi connectivity index (χ2v) is 8.88. The summed E-state index contributed by atoms with van der Waals surface area (Å²) < 4.78 is 23.0. The number of amides is 1. The highest BCUT2D eigenvalue weighted by Crippen LogP contribution is 2.27. The number of nitrogens with one attached hydrogen (secondary N) is 1. The van der Waals surface area contributed by atoms with Crippen LogP contribution in [0.3, 0.4) is 0 Å². The number of hydrogen-bond donors (Lipinski definition) is 1. The molecular formula is C20H23NO3S. The average molecular weight is 357 g/mol. The molecule has 0 radical (unpaired) electrons. The number of carbonyl (C=O) groups excluding carboxylic acids is 1. The summed E-state index contributed by atoms with van der Waals surface area (Å²) in [5.74, 6) is 0.427. The first-order valence-corrected chi connectivity index (χ1v) is 10.4. The second-order valence-electron chi connectivity index (χ2n) is 6.65. The lowest BCUT2D eigenvalue weighted by Crippen LogP contribution is -2.31. The van der Waals surface area contributed by atoms with Crippen LogP contribution in [0.2, 0.25) is 0 Å². The van der Waals surface area contributed by atoms with Gasteiger partial charge in [-0.2, -0.15) is 0 Å². The topological polar surface area (TPSA) is 63.2 Å². The molecule has 4 nitrogen and oxygen atoms in total. The van der Waals surface area contributed by atoms with Gasteiger partial charge in [-0.15, -0.1) is 0 Å². The predicted octanol–water partition coefficient (Wildman–Crippen LogP) is 2.76. The molecule has 1 aliphatic heterocycles. The lowest BCUT2D eigenvalue weighted by molar-refractivity contribution is -0.121. The van der Waals surface area contributed by atoms with Crippen molar-refractivity contribution in [1.82, 2.24) is 5.32 Å². The quantitative estimate of drug-likeness (QED) is 0.865. The van der Waals surface area contributed by atoms with Crippen molar-refractivity contribution in [2.75, 3.05) is 18.1 Å².